The standard InChI is InChI=1S/C28H47ClN4O5/c1-5-9-13-34-18-22-26(37-16-12-8-4)25(36-15-11-7-3)21(35-14-10-6-2)17-23(38-22)33-20-32-24-27(29)30-19-31-28(24)33/h19-23,25-26H,5-18H2,1-4H3/t21-,22+,23-,25-,26+/m0/s1. The number of hydrogen-bond donors (Lipinski definition) is 0. The SMILES string of the molecule is CCCCOC[C@H]1O[C@H](n2cnc3c(Cl)ncnc32)C[C@H](OCCCC)[C@H](OCCCC)[C@@H]1OCCCC. The average Bonchev–Trinajstić information content (AvgIpc) is 3.30. The van der Waals surface area contributed by atoms with Crippen LogP contribution in [0, 0.1) is 0 Å². The van der Waals surface area contributed by atoms with Gasteiger partial charge in [-0.25, -0.2) is 15.0 Å². The lowest BCUT2D eigenvalue weighted by Gasteiger charge is -2.34. The molecule has 0 N–H and O–H groups in total. The first-order valence-corrected chi connectivity index (χ1v) is 14.9. The molecule has 0 amide bonds. The van der Waals surface area contributed by atoms with Gasteiger partial charge in [-0.2, -0.15) is 0 Å². The van der Waals surface area contributed by atoms with E-state index in [2.05, 4.69) is 42.6 Å². The molecule has 1 saturated heterocycles. The maximum atomic E-state index is 6.81. The van der Waals surface area contributed by atoms with Crippen molar-refractivity contribution in [3.8, 4) is 0 Å². The first-order chi connectivity index (χ1) is 18.6. The molecule has 3 rings (SSSR count). The summed E-state index contributed by atoms with van der Waals surface area (Å²) in [6.45, 7) is 11.7. The van der Waals surface area contributed by atoms with Crippen LogP contribution in [0.25, 0.3) is 11.2 Å². The maximum Gasteiger partial charge on any atom is 0.166 e. The van der Waals surface area contributed by atoms with Crippen LogP contribution in [0.2, 0.25) is 5.15 Å². The minimum Gasteiger partial charge on any atom is -0.379 e. The Hall–Kier alpha value is -1.36. The van der Waals surface area contributed by atoms with E-state index in [4.69, 9.17) is 35.3 Å². The molecule has 3 heterocycles. The molecule has 0 unspecified atom stereocenters. The van der Waals surface area contributed by atoms with Gasteiger partial charge >= 0.3 is 0 Å². The second-order valence-electron chi connectivity index (χ2n) is 9.92. The summed E-state index contributed by atoms with van der Waals surface area (Å²) in [6, 6.07) is 0. The topological polar surface area (TPSA) is 89.8 Å². The van der Waals surface area contributed by atoms with Gasteiger partial charge in [0.1, 0.15) is 36.4 Å². The summed E-state index contributed by atoms with van der Waals surface area (Å²) in [6.07, 6.45) is 10.3. The zero-order valence-corrected chi connectivity index (χ0v) is 24.4. The third-order valence-corrected chi connectivity index (χ3v) is 7.09. The van der Waals surface area contributed by atoms with Crippen molar-refractivity contribution in [1.29, 1.82) is 0 Å². The number of imidazole rings is 1. The molecule has 9 nitrogen and oxygen atoms in total. The van der Waals surface area contributed by atoms with Crippen LogP contribution in [0.15, 0.2) is 12.7 Å². The number of rotatable bonds is 18. The summed E-state index contributed by atoms with van der Waals surface area (Å²) in [5, 5.41) is 0.319. The van der Waals surface area contributed by atoms with Gasteiger partial charge in [0.05, 0.1) is 19.0 Å². The lowest BCUT2D eigenvalue weighted by Crippen LogP contribution is -2.49. The summed E-state index contributed by atoms with van der Waals surface area (Å²) < 4.78 is 34.5. The molecule has 216 valence electrons. The molecule has 1 fully saturated rings. The molecule has 0 saturated carbocycles. The van der Waals surface area contributed by atoms with Gasteiger partial charge in [0.15, 0.2) is 10.8 Å². The van der Waals surface area contributed by atoms with Crippen LogP contribution in [-0.4, -0.2) is 77.0 Å². The second-order valence-corrected chi connectivity index (χ2v) is 10.3. The molecule has 0 aromatic carbocycles. The predicted octanol–water partition coefficient (Wildman–Crippen LogP) is 6.14. The number of halogens is 1. The zero-order valence-electron chi connectivity index (χ0n) is 23.6. The van der Waals surface area contributed by atoms with Crippen molar-refractivity contribution in [3.05, 3.63) is 17.8 Å². The van der Waals surface area contributed by atoms with Crippen LogP contribution in [0.1, 0.15) is 91.7 Å². The van der Waals surface area contributed by atoms with Gasteiger partial charge in [-0.1, -0.05) is 65.0 Å². The van der Waals surface area contributed by atoms with Crippen molar-refractivity contribution in [1.82, 2.24) is 19.5 Å². The summed E-state index contributed by atoms with van der Waals surface area (Å²) in [4.78, 5) is 13.0. The zero-order chi connectivity index (χ0) is 27.2. The lowest BCUT2D eigenvalue weighted by molar-refractivity contribution is -0.176. The Kier molecular flexibility index (Phi) is 14.2. The molecular weight excluding hydrogens is 508 g/mol. The highest BCUT2D eigenvalue weighted by Gasteiger charge is 2.44. The van der Waals surface area contributed by atoms with Crippen LogP contribution in [0.3, 0.4) is 0 Å². The van der Waals surface area contributed by atoms with Gasteiger partial charge in [0.2, 0.25) is 0 Å². The number of hydrogen-bond acceptors (Lipinski definition) is 8. The van der Waals surface area contributed by atoms with E-state index in [1.54, 1.807) is 6.33 Å². The Morgan fingerprint density at radius 2 is 1.47 bits per heavy atom. The molecular formula is C28H47ClN4O5. The fraction of sp³-hybridized carbons (Fsp3) is 0.821. The fourth-order valence-corrected chi connectivity index (χ4v) is 4.73. The van der Waals surface area contributed by atoms with Gasteiger partial charge < -0.3 is 23.7 Å². The van der Waals surface area contributed by atoms with E-state index >= 15 is 0 Å². The molecule has 10 heteroatoms. The third-order valence-electron chi connectivity index (χ3n) is 6.82. The predicted molar refractivity (Wildman–Crippen MR) is 149 cm³/mol. The van der Waals surface area contributed by atoms with Crippen LogP contribution in [0.4, 0.5) is 0 Å². The summed E-state index contributed by atoms with van der Waals surface area (Å²) in [7, 11) is 0. The molecule has 0 aliphatic carbocycles. The Morgan fingerprint density at radius 1 is 0.842 bits per heavy atom. The number of unbranched alkanes of at least 4 members (excludes halogenated alkanes) is 4. The highest BCUT2D eigenvalue weighted by molar-refractivity contribution is 6.33. The van der Waals surface area contributed by atoms with E-state index in [-0.39, 0.29) is 24.4 Å². The highest BCUT2D eigenvalue weighted by atomic mass is 35.5. The fourth-order valence-electron chi connectivity index (χ4n) is 4.56. The Balaban J connectivity index is 1.98. The van der Waals surface area contributed by atoms with Gasteiger partial charge in [-0.05, 0) is 25.7 Å². The monoisotopic (exact) mass is 554 g/mol. The molecule has 38 heavy (non-hydrogen) atoms. The molecule has 1 aliphatic heterocycles. The first kappa shape index (κ1) is 31.2. The third kappa shape index (κ3) is 8.83. The summed E-state index contributed by atoms with van der Waals surface area (Å²) in [5.41, 5.74) is 1.18. The van der Waals surface area contributed by atoms with E-state index in [9.17, 15) is 0 Å². The van der Waals surface area contributed by atoms with E-state index in [0.29, 0.717) is 55.8 Å². The van der Waals surface area contributed by atoms with E-state index in [1.165, 1.54) is 6.33 Å². The number of nitrogens with zero attached hydrogens (tertiary/aromatic N) is 4. The number of fused-ring (bicyclic) bond motifs is 1. The molecule has 0 spiro atoms. The second kappa shape index (κ2) is 17.4. The summed E-state index contributed by atoms with van der Waals surface area (Å²) >= 11 is 6.32. The van der Waals surface area contributed by atoms with Crippen LogP contribution in [0.5, 0.6) is 0 Å². The smallest absolute Gasteiger partial charge is 0.166 e. The quantitative estimate of drug-likeness (QED) is 0.160. The highest BCUT2D eigenvalue weighted by Crippen LogP contribution is 2.34. The van der Waals surface area contributed by atoms with Crippen LogP contribution >= 0.6 is 11.6 Å². The molecule has 0 bridgehead atoms. The number of ether oxygens (including phenoxy) is 5. The van der Waals surface area contributed by atoms with Crippen LogP contribution in [-0.2, 0) is 23.7 Å². The molecule has 1 aliphatic rings. The molecule has 2 aromatic heterocycles. The Bertz CT molecular complexity index is 916. The average molecular weight is 555 g/mol. The minimum atomic E-state index is -0.408. The van der Waals surface area contributed by atoms with Crippen molar-refractivity contribution < 1.29 is 23.7 Å². The van der Waals surface area contributed by atoms with Crippen molar-refractivity contribution in [2.24, 2.45) is 0 Å². The van der Waals surface area contributed by atoms with E-state index < -0.39 is 6.23 Å². The van der Waals surface area contributed by atoms with Crippen molar-refractivity contribution >= 4 is 22.8 Å². The Morgan fingerprint density at radius 3 is 2.16 bits per heavy atom. The summed E-state index contributed by atoms with van der Waals surface area (Å²) in [5.74, 6) is 0. The molecule has 0 radical (unpaired) electrons. The maximum absolute atomic E-state index is 6.81. The molecule has 5 atom stereocenters. The van der Waals surface area contributed by atoms with Crippen molar-refractivity contribution in [2.45, 2.75) is 116 Å². The largest absolute Gasteiger partial charge is 0.379 e. The van der Waals surface area contributed by atoms with Gasteiger partial charge in [-0.15, -0.1) is 0 Å². The minimum absolute atomic E-state index is 0.231. The normalized spacial score (nSPS) is 24.2. The van der Waals surface area contributed by atoms with Crippen LogP contribution < -0.4 is 0 Å². The van der Waals surface area contributed by atoms with Gasteiger partial charge in [-0.3, -0.25) is 4.57 Å². The van der Waals surface area contributed by atoms with Gasteiger partial charge in [0.25, 0.3) is 0 Å². The van der Waals surface area contributed by atoms with Crippen molar-refractivity contribution in [2.75, 3.05) is 33.0 Å². The lowest BCUT2D eigenvalue weighted by atomic mass is 10.0. The van der Waals surface area contributed by atoms with E-state index in [0.717, 1.165) is 51.4 Å². The first-order valence-electron chi connectivity index (χ1n) is 14.5. The van der Waals surface area contributed by atoms with Crippen molar-refractivity contribution in [3.63, 3.8) is 0 Å². The Labute approximate surface area is 232 Å². The molecule has 2 aromatic rings. The van der Waals surface area contributed by atoms with E-state index in [1.807, 2.05) is 4.57 Å². The number of aromatic nitrogens is 4. The van der Waals surface area contributed by atoms with Gasteiger partial charge in [0, 0.05) is 32.8 Å².